The van der Waals surface area contributed by atoms with Gasteiger partial charge in [-0.1, -0.05) is 0 Å². The van der Waals surface area contributed by atoms with Crippen LogP contribution in [0.2, 0.25) is 0 Å². The maximum atomic E-state index is 11.0. The highest BCUT2D eigenvalue weighted by Gasteiger charge is 2.53. The van der Waals surface area contributed by atoms with E-state index in [2.05, 4.69) is 0 Å². The zero-order valence-corrected chi connectivity index (χ0v) is 17.7. The number of hydrogen-bond donors (Lipinski definition) is 10. The van der Waals surface area contributed by atoms with Gasteiger partial charge < -0.3 is 73.1 Å². The number of nitrogens with two attached hydrogens (primary N) is 5. The van der Waals surface area contributed by atoms with Gasteiger partial charge in [0.15, 0.2) is 12.6 Å². The lowest BCUT2D eigenvalue weighted by Gasteiger charge is -2.49. The van der Waals surface area contributed by atoms with Crippen LogP contribution in [0.15, 0.2) is 0 Å². The van der Waals surface area contributed by atoms with E-state index in [0.29, 0.717) is 12.8 Å². The van der Waals surface area contributed by atoms with Gasteiger partial charge in [-0.05, 0) is 12.8 Å². The van der Waals surface area contributed by atoms with Crippen LogP contribution in [-0.4, -0.2) is 124 Å². The minimum atomic E-state index is -1.50. The van der Waals surface area contributed by atoms with Crippen molar-refractivity contribution >= 4 is 0 Å². The molecule has 0 radical (unpaired) electrons. The van der Waals surface area contributed by atoms with E-state index in [-0.39, 0.29) is 12.6 Å². The summed E-state index contributed by atoms with van der Waals surface area (Å²) < 4.78 is 22.7. The molecule has 188 valence electrons. The molecule has 14 nitrogen and oxygen atoms in total. The molecular formula is C18H37N5O9. The molecular weight excluding hydrogens is 430 g/mol. The topological polar surface area (TPSA) is 268 Å². The van der Waals surface area contributed by atoms with Crippen LogP contribution >= 0.6 is 0 Å². The summed E-state index contributed by atoms with van der Waals surface area (Å²) in [4.78, 5) is 0. The Labute approximate surface area is 185 Å². The summed E-state index contributed by atoms with van der Waals surface area (Å²) in [6.07, 6.45) is -10.7. The summed E-state index contributed by atoms with van der Waals surface area (Å²) in [5, 5.41) is 51.3. The average molecular weight is 468 g/mol. The van der Waals surface area contributed by atoms with Gasteiger partial charge in [0.1, 0.15) is 36.6 Å². The van der Waals surface area contributed by atoms with Gasteiger partial charge in [0.05, 0.1) is 43.0 Å². The van der Waals surface area contributed by atoms with Gasteiger partial charge in [-0.25, -0.2) is 0 Å². The molecule has 1 aliphatic carbocycles. The molecule has 0 amide bonds. The van der Waals surface area contributed by atoms with E-state index in [4.69, 9.17) is 47.6 Å². The van der Waals surface area contributed by atoms with E-state index in [0.717, 1.165) is 0 Å². The molecule has 0 bridgehead atoms. The molecule has 0 aromatic carbocycles. The molecule has 14 heteroatoms. The highest BCUT2D eigenvalue weighted by atomic mass is 16.7. The number of aliphatic hydroxyl groups excluding tert-OH is 5. The Morgan fingerprint density at radius 1 is 0.719 bits per heavy atom. The van der Waals surface area contributed by atoms with Crippen LogP contribution < -0.4 is 28.7 Å². The first-order chi connectivity index (χ1) is 15.1. The van der Waals surface area contributed by atoms with E-state index in [1.807, 2.05) is 0 Å². The van der Waals surface area contributed by atoms with Crippen molar-refractivity contribution < 1.29 is 44.5 Å². The first-order valence-corrected chi connectivity index (χ1v) is 10.8. The number of aliphatic hydroxyl groups is 5. The Hall–Kier alpha value is -0.560. The lowest BCUT2D eigenvalue weighted by atomic mass is 9.82. The molecule has 0 aromatic heterocycles. The second kappa shape index (κ2) is 10.8. The molecule has 32 heavy (non-hydrogen) atoms. The van der Waals surface area contributed by atoms with Gasteiger partial charge in [0, 0.05) is 6.54 Å². The van der Waals surface area contributed by atoms with Crippen molar-refractivity contribution in [3.8, 4) is 0 Å². The van der Waals surface area contributed by atoms with Crippen molar-refractivity contribution in [3.63, 3.8) is 0 Å². The van der Waals surface area contributed by atoms with Crippen molar-refractivity contribution in [2.75, 3.05) is 13.2 Å². The summed E-state index contributed by atoms with van der Waals surface area (Å²) in [5.74, 6) is 0. The van der Waals surface area contributed by atoms with Crippen LogP contribution in [-0.2, 0) is 18.9 Å². The van der Waals surface area contributed by atoms with E-state index in [1.54, 1.807) is 0 Å². The van der Waals surface area contributed by atoms with Crippen LogP contribution in [0.3, 0.4) is 0 Å². The van der Waals surface area contributed by atoms with E-state index < -0.39 is 86.1 Å². The Balaban J connectivity index is 1.74. The smallest absolute Gasteiger partial charge is 0.186 e. The standard InChI is InChI=1S/C18H37N5O9/c19-3-5-1-2-6(20)17(29-5)31-15-9(22)12(26)10(23)16(14(15)28)32-18-13(27)8(21)11(25)7(4-24)30-18/h5-18,24-28H,1-4,19-23H2/t5?,6?,7?,8?,9-,10?,11-,12+,13-,14?,15?,16-,17+,18+/m0/s1. The third-order valence-electron chi connectivity index (χ3n) is 6.50. The summed E-state index contributed by atoms with van der Waals surface area (Å²) in [6.45, 7) is -0.320. The van der Waals surface area contributed by atoms with Crippen molar-refractivity contribution in [1.29, 1.82) is 0 Å². The fraction of sp³-hybridized carbons (Fsp3) is 1.00. The van der Waals surface area contributed by atoms with Crippen LogP contribution in [0.5, 0.6) is 0 Å². The second-order valence-corrected chi connectivity index (χ2v) is 8.72. The van der Waals surface area contributed by atoms with Gasteiger partial charge in [-0.2, -0.15) is 0 Å². The first kappa shape index (κ1) is 26.1. The molecule has 3 rings (SSSR count). The molecule has 14 atom stereocenters. The van der Waals surface area contributed by atoms with Crippen LogP contribution in [0.25, 0.3) is 0 Å². The number of rotatable bonds is 6. The van der Waals surface area contributed by atoms with E-state index in [1.165, 1.54) is 0 Å². The van der Waals surface area contributed by atoms with Crippen LogP contribution in [0, 0.1) is 0 Å². The molecule has 2 saturated heterocycles. The zero-order chi connectivity index (χ0) is 23.7. The molecule has 2 heterocycles. The predicted octanol–water partition coefficient (Wildman–Crippen LogP) is -6.30. The molecule has 7 unspecified atom stereocenters. The maximum absolute atomic E-state index is 11.0. The van der Waals surface area contributed by atoms with Gasteiger partial charge in [0.2, 0.25) is 0 Å². The quantitative estimate of drug-likeness (QED) is 0.174. The fourth-order valence-electron chi connectivity index (χ4n) is 4.35. The average Bonchev–Trinajstić information content (AvgIpc) is 2.79. The Morgan fingerprint density at radius 3 is 1.88 bits per heavy atom. The Bertz CT molecular complexity index is 607. The molecule has 2 aliphatic heterocycles. The van der Waals surface area contributed by atoms with Gasteiger partial charge in [-0.15, -0.1) is 0 Å². The molecule has 0 aromatic rings. The summed E-state index contributed by atoms with van der Waals surface area (Å²) in [7, 11) is 0. The summed E-state index contributed by atoms with van der Waals surface area (Å²) in [5.41, 5.74) is 29.7. The third-order valence-corrected chi connectivity index (χ3v) is 6.50. The second-order valence-electron chi connectivity index (χ2n) is 8.72. The number of ether oxygens (including phenoxy) is 4. The zero-order valence-electron chi connectivity index (χ0n) is 17.7. The van der Waals surface area contributed by atoms with Gasteiger partial charge in [-0.3, -0.25) is 0 Å². The summed E-state index contributed by atoms with van der Waals surface area (Å²) >= 11 is 0. The van der Waals surface area contributed by atoms with Crippen molar-refractivity contribution in [2.45, 2.75) is 98.4 Å². The molecule has 0 spiro atoms. The molecule has 3 aliphatic rings. The maximum Gasteiger partial charge on any atom is 0.186 e. The van der Waals surface area contributed by atoms with Crippen molar-refractivity contribution in [3.05, 3.63) is 0 Å². The first-order valence-electron chi connectivity index (χ1n) is 10.8. The lowest BCUT2D eigenvalue weighted by Crippen LogP contribution is -2.72. The van der Waals surface area contributed by atoms with Crippen molar-refractivity contribution in [1.82, 2.24) is 0 Å². The monoisotopic (exact) mass is 467 g/mol. The third kappa shape index (κ3) is 5.08. The minimum absolute atomic E-state index is 0.264. The molecule has 1 saturated carbocycles. The Morgan fingerprint density at radius 2 is 1.31 bits per heavy atom. The lowest BCUT2D eigenvalue weighted by molar-refractivity contribution is -0.318. The largest absolute Gasteiger partial charge is 0.394 e. The minimum Gasteiger partial charge on any atom is -0.394 e. The molecule has 15 N–H and O–H groups in total. The fourth-order valence-corrected chi connectivity index (χ4v) is 4.35. The normalized spacial score (nSPS) is 52.7. The highest BCUT2D eigenvalue weighted by molar-refractivity contribution is 5.05. The van der Waals surface area contributed by atoms with E-state index in [9.17, 15) is 25.5 Å². The predicted molar refractivity (Wildman–Crippen MR) is 108 cm³/mol. The van der Waals surface area contributed by atoms with E-state index >= 15 is 0 Å². The summed E-state index contributed by atoms with van der Waals surface area (Å²) in [6, 6.07) is -3.97. The highest BCUT2D eigenvalue weighted by Crippen LogP contribution is 2.30. The molecule has 3 fully saturated rings. The van der Waals surface area contributed by atoms with Crippen LogP contribution in [0.4, 0.5) is 0 Å². The van der Waals surface area contributed by atoms with Gasteiger partial charge in [0.25, 0.3) is 0 Å². The van der Waals surface area contributed by atoms with Crippen LogP contribution in [0.1, 0.15) is 12.8 Å². The number of hydrogen-bond acceptors (Lipinski definition) is 14. The SMILES string of the molecule is NCC1CCC(N)[C@@H](OC2C(O)[C@@H](O[C@H]3OC(CO)[C@H](O)C(N)[C@@H]3O)C(N)[C@H](O)[C@@H]2N)O1. The Kier molecular flexibility index (Phi) is 8.79. The van der Waals surface area contributed by atoms with Gasteiger partial charge >= 0.3 is 0 Å². The van der Waals surface area contributed by atoms with Crippen molar-refractivity contribution in [2.24, 2.45) is 28.7 Å².